The third-order valence-corrected chi connectivity index (χ3v) is 9.11. The number of unbranched alkanes of at least 4 members (excludes halogenated alkanes) is 9. The Morgan fingerprint density at radius 2 is 1.16 bits per heavy atom. The molecule has 3 aromatic carbocycles. The molecule has 0 N–H and O–H groups in total. The number of carbonyl (C=O) groups is 2. The highest BCUT2D eigenvalue weighted by Crippen LogP contribution is 2.27. The van der Waals surface area contributed by atoms with Crippen molar-refractivity contribution in [3.63, 3.8) is 0 Å². The molecule has 1 unspecified atom stereocenters. The fourth-order valence-corrected chi connectivity index (χ4v) is 5.55. The average Bonchev–Trinajstić information content (AvgIpc) is 3.11. The van der Waals surface area contributed by atoms with Gasteiger partial charge in [0.2, 0.25) is 0 Å². The summed E-state index contributed by atoms with van der Waals surface area (Å²) in [7, 11) is 0. The second kappa shape index (κ2) is 20.7. The van der Waals surface area contributed by atoms with E-state index in [9.17, 15) is 9.59 Å². The van der Waals surface area contributed by atoms with Gasteiger partial charge in [-0.25, -0.2) is 9.59 Å². The Morgan fingerprint density at radius 1 is 0.673 bits per heavy atom. The van der Waals surface area contributed by atoms with Gasteiger partial charge in [-0.1, -0.05) is 103 Å². The van der Waals surface area contributed by atoms with Gasteiger partial charge in [-0.05, 0) is 78.4 Å². The van der Waals surface area contributed by atoms with Gasteiger partial charge in [-0.3, -0.25) is 0 Å². The first kappa shape index (κ1) is 38.1. The molecule has 4 rings (SSSR count). The number of benzene rings is 3. The molecule has 49 heavy (non-hydrogen) atoms. The summed E-state index contributed by atoms with van der Waals surface area (Å²) in [6.45, 7) is 10.9. The molecule has 0 aliphatic carbocycles. The zero-order valence-corrected chi connectivity index (χ0v) is 29.9. The Bertz CT molecular complexity index is 1380. The lowest BCUT2D eigenvalue weighted by Crippen LogP contribution is -2.43. The Kier molecular flexibility index (Phi) is 16.1. The number of rotatable bonds is 23. The van der Waals surface area contributed by atoms with Crippen LogP contribution in [0.1, 0.15) is 112 Å². The lowest BCUT2D eigenvalue weighted by atomic mass is 9.90. The van der Waals surface area contributed by atoms with Gasteiger partial charge in [0.25, 0.3) is 0 Å². The molecule has 1 atom stereocenters. The second-order valence-corrected chi connectivity index (χ2v) is 13.9. The van der Waals surface area contributed by atoms with Gasteiger partial charge in [-0.2, -0.15) is 0 Å². The summed E-state index contributed by atoms with van der Waals surface area (Å²) < 4.78 is 27.9. The highest BCUT2D eigenvalue weighted by Gasteiger charge is 2.33. The van der Waals surface area contributed by atoms with E-state index in [4.69, 9.17) is 23.7 Å². The molecule has 266 valence electrons. The number of hydrogen-bond donors (Lipinski definition) is 0. The predicted octanol–water partition coefficient (Wildman–Crippen LogP) is 10.1. The van der Waals surface area contributed by atoms with Crippen molar-refractivity contribution in [1.82, 2.24) is 0 Å². The van der Waals surface area contributed by atoms with E-state index in [0.29, 0.717) is 36.0 Å². The molecule has 0 bridgehead atoms. The van der Waals surface area contributed by atoms with E-state index in [1.807, 2.05) is 36.4 Å². The predicted molar refractivity (Wildman–Crippen MR) is 194 cm³/mol. The standard InChI is InChI=1S/C42H56O7/c1-4-33(2)29-48-40(43)36-17-15-34(16-18-36)35-19-25-39(26-20-35)49-41(44)37-21-23-38(24-22-37)47-28-14-12-10-8-6-5-7-9-11-13-27-45-30-42(3)31-46-32-42/h15-26,33H,4-14,27-32H2,1-3H3. The zero-order valence-electron chi connectivity index (χ0n) is 29.9. The molecule has 0 aromatic heterocycles. The highest BCUT2D eigenvalue weighted by molar-refractivity contribution is 5.91. The maximum absolute atomic E-state index is 12.7. The van der Waals surface area contributed by atoms with Crippen molar-refractivity contribution < 1.29 is 33.3 Å². The van der Waals surface area contributed by atoms with Crippen LogP contribution in [0.2, 0.25) is 0 Å². The average molecular weight is 673 g/mol. The van der Waals surface area contributed by atoms with E-state index < -0.39 is 5.97 Å². The van der Waals surface area contributed by atoms with Crippen molar-refractivity contribution in [3.05, 3.63) is 83.9 Å². The van der Waals surface area contributed by atoms with Gasteiger partial charge in [0.15, 0.2) is 0 Å². The van der Waals surface area contributed by atoms with Crippen LogP contribution < -0.4 is 9.47 Å². The van der Waals surface area contributed by atoms with E-state index >= 15 is 0 Å². The van der Waals surface area contributed by atoms with Gasteiger partial charge >= 0.3 is 11.9 Å². The van der Waals surface area contributed by atoms with Gasteiger partial charge in [-0.15, -0.1) is 0 Å². The summed E-state index contributed by atoms with van der Waals surface area (Å²) in [5, 5.41) is 0. The summed E-state index contributed by atoms with van der Waals surface area (Å²) in [5.41, 5.74) is 3.16. The Hall–Kier alpha value is -3.68. The molecule has 1 aliphatic rings. The van der Waals surface area contributed by atoms with Crippen molar-refractivity contribution in [2.75, 3.05) is 39.6 Å². The number of esters is 2. The molecule has 0 spiro atoms. The molecule has 3 aromatic rings. The van der Waals surface area contributed by atoms with E-state index in [2.05, 4.69) is 20.8 Å². The van der Waals surface area contributed by atoms with Crippen LogP contribution in [0, 0.1) is 11.3 Å². The largest absolute Gasteiger partial charge is 0.494 e. The molecule has 1 saturated heterocycles. The van der Waals surface area contributed by atoms with Gasteiger partial charge in [0.05, 0.1) is 44.2 Å². The Labute approximate surface area is 293 Å². The molecule has 1 fully saturated rings. The summed E-state index contributed by atoms with van der Waals surface area (Å²) in [6, 6.07) is 21.8. The van der Waals surface area contributed by atoms with Crippen LogP contribution in [-0.2, 0) is 14.2 Å². The molecule has 7 nitrogen and oxygen atoms in total. The van der Waals surface area contributed by atoms with Crippen LogP contribution in [0.25, 0.3) is 11.1 Å². The minimum Gasteiger partial charge on any atom is -0.494 e. The van der Waals surface area contributed by atoms with Crippen molar-refractivity contribution >= 4 is 11.9 Å². The molecule has 1 aliphatic heterocycles. The van der Waals surface area contributed by atoms with Gasteiger partial charge < -0.3 is 23.7 Å². The molecular formula is C42H56O7. The lowest BCUT2D eigenvalue weighted by Gasteiger charge is -2.37. The molecule has 0 amide bonds. The quantitative estimate of drug-likeness (QED) is 0.0563. The second-order valence-electron chi connectivity index (χ2n) is 13.9. The third kappa shape index (κ3) is 13.6. The van der Waals surface area contributed by atoms with Crippen LogP contribution in [0.5, 0.6) is 11.5 Å². The van der Waals surface area contributed by atoms with Crippen molar-refractivity contribution in [3.8, 4) is 22.6 Å². The van der Waals surface area contributed by atoms with E-state index in [0.717, 1.165) is 62.6 Å². The first-order valence-electron chi connectivity index (χ1n) is 18.3. The first-order chi connectivity index (χ1) is 23.8. The SMILES string of the molecule is CCC(C)COC(=O)c1ccc(-c2ccc(OC(=O)c3ccc(OCCCCCCCCCCCCOCC4(C)COC4)cc3)cc2)cc1. The fraction of sp³-hybridized carbons (Fsp3) is 0.524. The smallest absolute Gasteiger partial charge is 0.343 e. The van der Waals surface area contributed by atoms with Crippen LogP contribution in [0.15, 0.2) is 72.8 Å². The summed E-state index contributed by atoms with van der Waals surface area (Å²) >= 11 is 0. The first-order valence-corrected chi connectivity index (χ1v) is 18.3. The maximum atomic E-state index is 12.7. The van der Waals surface area contributed by atoms with E-state index in [1.165, 1.54) is 51.4 Å². The highest BCUT2D eigenvalue weighted by atomic mass is 16.5. The number of hydrogen-bond acceptors (Lipinski definition) is 7. The van der Waals surface area contributed by atoms with Crippen LogP contribution in [0.3, 0.4) is 0 Å². The minimum atomic E-state index is -0.418. The van der Waals surface area contributed by atoms with Gasteiger partial charge in [0, 0.05) is 12.0 Å². The molecule has 0 radical (unpaired) electrons. The molecule has 0 saturated carbocycles. The lowest BCUT2D eigenvalue weighted by molar-refractivity contribution is -0.137. The van der Waals surface area contributed by atoms with Gasteiger partial charge in [0.1, 0.15) is 11.5 Å². The zero-order chi connectivity index (χ0) is 34.7. The summed E-state index contributed by atoms with van der Waals surface area (Å²) in [5.74, 6) is 0.833. The molecule has 7 heteroatoms. The van der Waals surface area contributed by atoms with Crippen LogP contribution >= 0.6 is 0 Å². The third-order valence-electron chi connectivity index (χ3n) is 9.11. The van der Waals surface area contributed by atoms with Crippen molar-refractivity contribution in [2.45, 2.75) is 91.4 Å². The normalized spacial score (nSPS) is 14.1. The molecular weight excluding hydrogens is 616 g/mol. The maximum Gasteiger partial charge on any atom is 0.343 e. The number of ether oxygens (including phenoxy) is 5. The Morgan fingerprint density at radius 3 is 1.71 bits per heavy atom. The fourth-order valence-electron chi connectivity index (χ4n) is 5.55. The topological polar surface area (TPSA) is 80.3 Å². The number of carbonyl (C=O) groups excluding carboxylic acids is 2. The Balaban J connectivity index is 1.03. The monoisotopic (exact) mass is 672 g/mol. The van der Waals surface area contributed by atoms with E-state index in [1.54, 1.807) is 36.4 Å². The van der Waals surface area contributed by atoms with Crippen molar-refractivity contribution in [1.29, 1.82) is 0 Å². The molecule has 1 heterocycles. The summed E-state index contributed by atoms with van der Waals surface area (Å²) in [6.07, 6.45) is 13.4. The summed E-state index contributed by atoms with van der Waals surface area (Å²) in [4.78, 5) is 25.0. The van der Waals surface area contributed by atoms with E-state index in [-0.39, 0.29) is 11.4 Å². The minimum absolute atomic E-state index is 0.262. The van der Waals surface area contributed by atoms with Crippen molar-refractivity contribution in [2.24, 2.45) is 11.3 Å². The van der Waals surface area contributed by atoms with Crippen LogP contribution in [0.4, 0.5) is 0 Å². The van der Waals surface area contributed by atoms with Crippen LogP contribution in [-0.4, -0.2) is 51.6 Å².